The van der Waals surface area contributed by atoms with Crippen molar-refractivity contribution in [2.45, 2.75) is 24.9 Å². The zero-order valence-corrected chi connectivity index (χ0v) is 9.89. The van der Waals surface area contributed by atoms with Gasteiger partial charge in [0.25, 0.3) is 0 Å². The van der Waals surface area contributed by atoms with Crippen LogP contribution >= 0.6 is 11.8 Å². The molecule has 0 fully saturated rings. The van der Waals surface area contributed by atoms with Crippen molar-refractivity contribution in [3.05, 3.63) is 5.82 Å². The van der Waals surface area contributed by atoms with Crippen LogP contribution in [0.2, 0.25) is 0 Å². The SMILES string of the molecule is CCCc1nc(SCCN(C)C)n[nH]1. The summed E-state index contributed by atoms with van der Waals surface area (Å²) in [6, 6.07) is 0. The Balaban J connectivity index is 2.28. The van der Waals surface area contributed by atoms with Crippen molar-refractivity contribution in [2.24, 2.45) is 0 Å². The first-order valence-electron chi connectivity index (χ1n) is 4.91. The summed E-state index contributed by atoms with van der Waals surface area (Å²) in [7, 11) is 4.14. The van der Waals surface area contributed by atoms with Crippen molar-refractivity contribution in [1.29, 1.82) is 0 Å². The van der Waals surface area contributed by atoms with E-state index in [-0.39, 0.29) is 0 Å². The molecule has 0 aliphatic heterocycles. The van der Waals surface area contributed by atoms with Crippen LogP contribution in [0.25, 0.3) is 0 Å². The number of hydrogen-bond donors (Lipinski definition) is 1. The Morgan fingerprint density at radius 3 is 2.86 bits per heavy atom. The minimum absolute atomic E-state index is 0.871. The molecule has 0 saturated heterocycles. The highest BCUT2D eigenvalue weighted by atomic mass is 32.2. The van der Waals surface area contributed by atoms with E-state index in [9.17, 15) is 0 Å². The molecule has 0 atom stereocenters. The van der Waals surface area contributed by atoms with E-state index in [2.05, 4.69) is 41.1 Å². The lowest BCUT2D eigenvalue weighted by Crippen LogP contribution is -2.14. The van der Waals surface area contributed by atoms with Crippen LogP contribution in [0.1, 0.15) is 19.2 Å². The van der Waals surface area contributed by atoms with Gasteiger partial charge in [0.1, 0.15) is 5.82 Å². The maximum atomic E-state index is 4.37. The van der Waals surface area contributed by atoms with Gasteiger partial charge in [0.2, 0.25) is 5.16 Å². The van der Waals surface area contributed by atoms with E-state index in [1.54, 1.807) is 11.8 Å². The zero-order valence-electron chi connectivity index (χ0n) is 9.08. The van der Waals surface area contributed by atoms with E-state index in [0.29, 0.717) is 0 Å². The van der Waals surface area contributed by atoms with Crippen LogP contribution in [0.3, 0.4) is 0 Å². The number of nitrogens with zero attached hydrogens (tertiary/aromatic N) is 3. The van der Waals surface area contributed by atoms with Crippen molar-refractivity contribution in [2.75, 3.05) is 26.4 Å². The number of aromatic nitrogens is 3. The van der Waals surface area contributed by atoms with E-state index in [4.69, 9.17) is 0 Å². The summed E-state index contributed by atoms with van der Waals surface area (Å²) < 4.78 is 0. The summed E-state index contributed by atoms with van der Waals surface area (Å²) in [4.78, 5) is 6.53. The molecule has 0 radical (unpaired) electrons. The van der Waals surface area contributed by atoms with Crippen molar-refractivity contribution >= 4 is 11.8 Å². The highest BCUT2D eigenvalue weighted by molar-refractivity contribution is 7.99. The van der Waals surface area contributed by atoms with Gasteiger partial charge in [-0.15, -0.1) is 5.10 Å². The lowest BCUT2D eigenvalue weighted by molar-refractivity contribution is 0.437. The van der Waals surface area contributed by atoms with Gasteiger partial charge in [0, 0.05) is 18.7 Å². The fourth-order valence-electron chi connectivity index (χ4n) is 1.01. The molecule has 0 saturated carbocycles. The van der Waals surface area contributed by atoms with Gasteiger partial charge in [-0.1, -0.05) is 18.7 Å². The lowest BCUT2D eigenvalue weighted by atomic mass is 10.3. The Bertz CT molecular complexity index is 259. The largest absolute Gasteiger partial charge is 0.309 e. The second kappa shape index (κ2) is 6.03. The summed E-state index contributed by atoms with van der Waals surface area (Å²) in [6.07, 6.45) is 2.10. The van der Waals surface area contributed by atoms with Crippen LogP contribution in [0, 0.1) is 0 Å². The highest BCUT2D eigenvalue weighted by Crippen LogP contribution is 2.12. The predicted octanol–water partition coefficient (Wildman–Crippen LogP) is 1.41. The van der Waals surface area contributed by atoms with Gasteiger partial charge < -0.3 is 4.90 Å². The molecule has 1 rings (SSSR count). The lowest BCUT2D eigenvalue weighted by Gasteiger charge is -2.06. The molecule has 0 aliphatic carbocycles. The third-order valence-corrected chi connectivity index (χ3v) is 2.60. The Morgan fingerprint density at radius 2 is 2.21 bits per heavy atom. The maximum Gasteiger partial charge on any atom is 0.208 e. The molecule has 0 bridgehead atoms. The number of thioether (sulfide) groups is 1. The zero-order chi connectivity index (χ0) is 10.4. The molecule has 1 aromatic heterocycles. The first-order chi connectivity index (χ1) is 6.72. The minimum atomic E-state index is 0.871. The second-order valence-electron chi connectivity index (χ2n) is 3.47. The molecule has 4 nitrogen and oxygen atoms in total. The standard InChI is InChI=1S/C9H18N4S/c1-4-5-8-10-9(12-11-8)14-7-6-13(2)3/h4-7H2,1-3H3,(H,10,11,12). The number of hydrogen-bond acceptors (Lipinski definition) is 4. The molecule has 0 amide bonds. The number of H-pyrrole nitrogens is 1. The Labute approximate surface area is 89.5 Å². The summed E-state index contributed by atoms with van der Waals surface area (Å²) in [5, 5.41) is 7.96. The van der Waals surface area contributed by atoms with Crippen LogP contribution in [0.4, 0.5) is 0 Å². The molecule has 1 heterocycles. The van der Waals surface area contributed by atoms with Gasteiger partial charge in [-0.3, -0.25) is 5.10 Å². The molecule has 80 valence electrons. The Morgan fingerprint density at radius 1 is 1.43 bits per heavy atom. The van der Waals surface area contributed by atoms with Crippen LogP contribution in [-0.2, 0) is 6.42 Å². The molecule has 0 aromatic carbocycles. The molecule has 0 unspecified atom stereocenters. The van der Waals surface area contributed by atoms with Gasteiger partial charge in [-0.05, 0) is 20.5 Å². The maximum absolute atomic E-state index is 4.37. The van der Waals surface area contributed by atoms with E-state index in [0.717, 1.165) is 36.1 Å². The van der Waals surface area contributed by atoms with Crippen LogP contribution < -0.4 is 0 Å². The molecular formula is C9H18N4S. The fraction of sp³-hybridized carbons (Fsp3) is 0.778. The van der Waals surface area contributed by atoms with Crippen LogP contribution in [0.5, 0.6) is 0 Å². The second-order valence-corrected chi connectivity index (χ2v) is 4.53. The summed E-state index contributed by atoms with van der Waals surface area (Å²) >= 11 is 1.70. The normalized spacial score (nSPS) is 11.1. The molecule has 0 spiro atoms. The first kappa shape index (κ1) is 11.5. The Kier molecular flexibility index (Phi) is 4.97. The van der Waals surface area contributed by atoms with Crippen molar-refractivity contribution in [3.8, 4) is 0 Å². The topological polar surface area (TPSA) is 44.8 Å². The smallest absolute Gasteiger partial charge is 0.208 e. The molecule has 0 aliphatic rings. The average Bonchev–Trinajstić information content (AvgIpc) is 2.53. The van der Waals surface area contributed by atoms with E-state index in [1.165, 1.54) is 0 Å². The molecule has 14 heavy (non-hydrogen) atoms. The van der Waals surface area contributed by atoms with Crippen molar-refractivity contribution in [3.63, 3.8) is 0 Å². The summed E-state index contributed by atoms with van der Waals surface area (Å²) in [6.45, 7) is 3.20. The number of aryl methyl sites for hydroxylation is 1. The quantitative estimate of drug-likeness (QED) is 0.727. The van der Waals surface area contributed by atoms with Gasteiger partial charge in [-0.2, -0.15) is 0 Å². The summed E-state index contributed by atoms with van der Waals surface area (Å²) in [5.74, 6) is 2.04. The Hall–Kier alpha value is -0.550. The van der Waals surface area contributed by atoms with E-state index in [1.807, 2.05) is 0 Å². The predicted molar refractivity (Wildman–Crippen MR) is 59.7 cm³/mol. The highest BCUT2D eigenvalue weighted by Gasteiger charge is 2.02. The molecular weight excluding hydrogens is 196 g/mol. The van der Waals surface area contributed by atoms with Crippen LogP contribution in [-0.4, -0.2) is 46.5 Å². The van der Waals surface area contributed by atoms with E-state index < -0.39 is 0 Å². The monoisotopic (exact) mass is 214 g/mol. The van der Waals surface area contributed by atoms with E-state index >= 15 is 0 Å². The van der Waals surface area contributed by atoms with Crippen LogP contribution in [0.15, 0.2) is 5.16 Å². The molecule has 1 N–H and O–H groups in total. The summed E-state index contributed by atoms with van der Waals surface area (Å²) in [5.41, 5.74) is 0. The molecule has 5 heteroatoms. The number of rotatable bonds is 6. The van der Waals surface area contributed by atoms with Gasteiger partial charge in [0.05, 0.1) is 0 Å². The number of nitrogens with one attached hydrogen (secondary N) is 1. The third-order valence-electron chi connectivity index (χ3n) is 1.77. The first-order valence-corrected chi connectivity index (χ1v) is 5.89. The average molecular weight is 214 g/mol. The number of aromatic amines is 1. The fourth-order valence-corrected chi connectivity index (χ4v) is 1.93. The van der Waals surface area contributed by atoms with Crippen molar-refractivity contribution in [1.82, 2.24) is 20.1 Å². The third kappa shape index (κ3) is 4.11. The van der Waals surface area contributed by atoms with Gasteiger partial charge >= 0.3 is 0 Å². The van der Waals surface area contributed by atoms with Gasteiger partial charge in [0.15, 0.2) is 0 Å². The van der Waals surface area contributed by atoms with Gasteiger partial charge in [-0.25, -0.2) is 4.98 Å². The molecule has 1 aromatic rings. The van der Waals surface area contributed by atoms with Crippen molar-refractivity contribution < 1.29 is 0 Å². The minimum Gasteiger partial charge on any atom is -0.309 e.